The van der Waals surface area contributed by atoms with Crippen LogP contribution in [0.1, 0.15) is 68.2 Å². The molecule has 2 atom stereocenters. The summed E-state index contributed by atoms with van der Waals surface area (Å²) in [5, 5.41) is 13.2. The number of carbonyl (C=O) groups is 1. The molecule has 0 aromatic heterocycles. The maximum absolute atomic E-state index is 12.9. The molecule has 2 aliphatic rings. The molecule has 0 radical (unpaired) electrons. The summed E-state index contributed by atoms with van der Waals surface area (Å²) in [6.45, 7) is 1.97. The lowest BCUT2D eigenvalue weighted by Gasteiger charge is -2.24. The molecule has 0 heterocycles. The van der Waals surface area contributed by atoms with Crippen molar-refractivity contribution in [3.8, 4) is 17.6 Å². The molecule has 162 valence electrons. The van der Waals surface area contributed by atoms with Crippen molar-refractivity contribution in [3.05, 3.63) is 59.2 Å². The van der Waals surface area contributed by atoms with Gasteiger partial charge in [-0.05, 0) is 62.6 Å². The molecule has 0 bridgehead atoms. The van der Waals surface area contributed by atoms with E-state index in [2.05, 4.69) is 11.4 Å². The van der Waals surface area contributed by atoms with Crippen LogP contribution in [0.25, 0.3) is 0 Å². The lowest BCUT2D eigenvalue weighted by molar-refractivity contribution is -0.122. The van der Waals surface area contributed by atoms with Crippen LogP contribution in [-0.4, -0.2) is 19.1 Å². The predicted octanol–water partition coefficient (Wildman–Crippen LogP) is 4.99. The van der Waals surface area contributed by atoms with E-state index >= 15 is 0 Å². The van der Waals surface area contributed by atoms with Gasteiger partial charge in [0.25, 0.3) is 0 Å². The molecule has 1 amide bonds. The Morgan fingerprint density at radius 1 is 1.23 bits per heavy atom. The average molecular weight is 419 g/mol. The monoisotopic (exact) mass is 418 g/mol. The first-order valence-corrected chi connectivity index (χ1v) is 11.2. The van der Waals surface area contributed by atoms with E-state index in [0.717, 1.165) is 35.3 Å². The highest BCUT2D eigenvalue weighted by Gasteiger charge is 2.43. The Morgan fingerprint density at radius 3 is 2.65 bits per heavy atom. The third-order valence-electron chi connectivity index (χ3n) is 6.70. The first-order valence-electron chi connectivity index (χ1n) is 11.2. The third kappa shape index (κ3) is 4.25. The predicted molar refractivity (Wildman–Crippen MR) is 119 cm³/mol. The van der Waals surface area contributed by atoms with Crippen molar-refractivity contribution < 1.29 is 14.3 Å². The minimum absolute atomic E-state index is 0.109. The summed E-state index contributed by atoms with van der Waals surface area (Å²) < 4.78 is 11.9. The molecule has 31 heavy (non-hydrogen) atoms. The molecule has 1 fully saturated rings. The molecule has 0 spiro atoms. The molecule has 0 saturated heterocycles. The molecule has 1 N–H and O–H groups in total. The van der Waals surface area contributed by atoms with Crippen molar-refractivity contribution in [1.82, 2.24) is 5.32 Å². The maximum Gasteiger partial charge on any atom is 0.222 e. The molecule has 5 heteroatoms. The standard InChI is InChI=1S/C26H30N2O3/c1-18(19-8-4-3-5-9-19)28-24(29)16-26(17-27)15-14-21-22(26)12-13-23(30-2)25(21)31-20-10-6-7-11-20/h3-5,8-9,12-13,18,20H,6-7,10-11,14-16H2,1-2H3,(H,28,29)/t18-,26+/m0/s1. The largest absolute Gasteiger partial charge is 0.493 e. The average Bonchev–Trinajstić information content (AvgIpc) is 3.43. The normalized spacial score (nSPS) is 21.2. The smallest absolute Gasteiger partial charge is 0.222 e. The number of benzene rings is 2. The topological polar surface area (TPSA) is 71.3 Å². The fourth-order valence-corrected chi connectivity index (χ4v) is 4.97. The summed E-state index contributed by atoms with van der Waals surface area (Å²) in [5.41, 5.74) is 2.14. The van der Waals surface area contributed by atoms with Gasteiger partial charge in [-0.1, -0.05) is 36.4 Å². The minimum Gasteiger partial charge on any atom is -0.493 e. The summed E-state index contributed by atoms with van der Waals surface area (Å²) in [7, 11) is 1.65. The van der Waals surface area contributed by atoms with Gasteiger partial charge in [0.05, 0.1) is 30.7 Å². The van der Waals surface area contributed by atoms with Crippen LogP contribution in [0.2, 0.25) is 0 Å². The van der Waals surface area contributed by atoms with Gasteiger partial charge in [-0.3, -0.25) is 4.79 Å². The number of fused-ring (bicyclic) bond motifs is 1. The number of nitrogens with zero attached hydrogens (tertiary/aromatic N) is 1. The summed E-state index contributed by atoms with van der Waals surface area (Å²) >= 11 is 0. The third-order valence-corrected chi connectivity index (χ3v) is 6.70. The second kappa shape index (κ2) is 9.01. The highest BCUT2D eigenvalue weighted by atomic mass is 16.5. The zero-order chi connectivity index (χ0) is 21.8. The number of nitriles is 1. The number of carbonyl (C=O) groups excluding carboxylic acids is 1. The van der Waals surface area contributed by atoms with Crippen molar-refractivity contribution in [2.75, 3.05) is 7.11 Å². The quantitative estimate of drug-likeness (QED) is 0.687. The molecule has 0 aliphatic heterocycles. The summed E-state index contributed by atoms with van der Waals surface area (Å²) in [6, 6.07) is 16.1. The van der Waals surface area contributed by atoms with E-state index in [1.54, 1.807) is 7.11 Å². The van der Waals surface area contributed by atoms with E-state index < -0.39 is 5.41 Å². The number of ether oxygens (including phenoxy) is 2. The zero-order valence-electron chi connectivity index (χ0n) is 18.3. The molecular formula is C26H30N2O3. The van der Waals surface area contributed by atoms with Crippen molar-refractivity contribution >= 4 is 5.91 Å². The van der Waals surface area contributed by atoms with Gasteiger partial charge in [-0.25, -0.2) is 0 Å². The van der Waals surface area contributed by atoms with Crippen LogP contribution < -0.4 is 14.8 Å². The van der Waals surface area contributed by atoms with E-state index in [9.17, 15) is 10.1 Å². The van der Waals surface area contributed by atoms with Crippen molar-refractivity contribution in [3.63, 3.8) is 0 Å². The van der Waals surface area contributed by atoms with Crippen molar-refractivity contribution in [2.24, 2.45) is 0 Å². The van der Waals surface area contributed by atoms with Crippen molar-refractivity contribution in [2.45, 2.75) is 69.4 Å². The van der Waals surface area contributed by atoms with Gasteiger partial charge in [0.2, 0.25) is 5.91 Å². The first-order chi connectivity index (χ1) is 15.1. The van der Waals surface area contributed by atoms with Crippen LogP contribution in [0.4, 0.5) is 0 Å². The van der Waals surface area contributed by atoms with Gasteiger partial charge < -0.3 is 14.8 Å². The molecule has 4 rings (SSSR count). The van der Waals surface area contributed by atoms with Gasteiger partial charge in [0, 0.05) is 12.0 Å². The number of hydrogen-bond acceptors (Lipinski definition) is 4. The van der Waals surface area contributed by atoms with Gasteiger partial charge in [0.1, 0.15) is 0 Å². The molecule has 2 aromatic rings. The Kier molecular flexibility index (Phi) is 6.18. The van der Waals surface area contributed by atoms with E-state index in [-0.39, 0.29) is 24.5 Å². The zero-order valence-corrected chi connectivity index (χ0v) is 18.3. The Balaban J connectivity index is 1.56. The van der Waals surface area contributed by atoms with Crippen LogP contribution in [0.5, 0.6) is 11.5 Å². The van der Waals surface area contributed by atoms with E-state index in [1.807, 2.05) is 49.4 Å². The Bertz CT molecular complexity index is 976. The molecule has 2 aliphatic carbocycles. The van der Waals surface area contributed by atoms with Gasteiger partial charge in [-0.2, -0.15) is 5.26 Å². The van der Waals surface area contributed by atoms with Crippen LogP contribution in [-0.2, 0) is 16.6 Å². The van der Waals surface area contributed by atoms with Gasteiger partial charge >= 0.3 is 0 Å². The summed E-state index contributed by atoms with van der Waals surface area (Å²) in [5.74, 6) is 1.36. The Morgan fingerprint density at radius 2 is 1.97 bits per heavy atom. The van der Waals surface area contributed by atoms with Crippen molar-refractivity contribution in [1.29, 1.82) is 5.26 Å². The minimum atomic E-state index is -0.837. The SMILES string of the molecule is COc1ccc2c(c1OC1CCCC1)CC[C@]2(C#N)CC(=O)N[C@@H](C)c1ccccc1. The highest BCUT2D eigenvalue weighted by Crippen LogP contribution is 2.48. The number of methoxy groups -OCH3 is 1. The molecule has 0 unspecified atom stereocenters. The fraction of sp³-hybridized carbons (Fsp3) is 0.462. The second-order valence-electron chi connectivity index (χ2n) is 8.72. The lowest BCUT2D eigenvalue weighted by Crippen LogP contribution is -2.34. The van der Waals surface area contributed by atoms with Crippen LogP contribution in [0.3, 0.4) is 0 Å². The summed E-state index contributed by atoms with van der Waals surface area (Å²) in [6.07, 6.45) is 6.14. The molecule has 1 saturated carbocycles. The number of hydrogen-bond donors (Lipinski definition) is 1. The van der Waals surface area contributed by atoms with Crippen LogP contribution in [0, 0.1) is 11.3 Å². The number of rotatable bonds is 7. The maximum atomic E-state index is 12.9. The van der Waals surface area contributed by atoms with E-state index in [0.29, 0.717) is 18.6 Å². The summed E-state index contributed by atoms with van der Waals surface area (Å²) in [4.78, 5) is 12.9. The van der Waals surface area contributed by atoms with Gasteiger partial charge in [-0.15, -0.1) is 0 Å². The van der Waals surface area contributed by atoms with Gasteiger partial charge in [0.15, 0.2) is 11.5 Å². The van der Waals surface area contributed by atoms with Crippen LogP contribution >= 0.6 is 0 Å². The first kappa shape index (κ1) is 21.2. The van der Waals surface area contributed by atoms with E-state index in [4.69, 9.17) is 9.47 Å². The number of nitrogens with one attached hydrogen (secondary N) is 1. The Hall–Kier alpha value is -3.00. The highest BCUT2D eigenvalue weighted by molar-refractivity contribution is 5.79. The second-order valence-corrected chi connectivity index (χ2v) is 8.72. The van der Waals surface area contributed by atoms with Crippen LogP contribution in [0.15, 0.2) is 42.5 Å². The molecular weight excluding hydrogens is 388 g/mol. The van der Waals surface area contributed by atoms with E-state index in [1.165, 1.54) is 12.8 Å². The Labute approximate surface area is 184 Å². The fourth-order valence-electron chi connectivity index (χ4n) is 4.97. The lowest BCUT2D eigenvalue weighted by atomic mass is 9.80. The molecule has 5 nitrogen and oxygen atoms in total. The molecule has 2 aromatic carbocycles. The number of amides is 1.